The highest BCUT2D eigenvalue weighted by Crippen LogP contribution is 2.30. The lowest BCUT2D eigenvalue weighted by atomic mass is 10.1. The molecule has 0 saturated heterocycles. The molecule has 5 nitrogen and oxygen atoms in total. The van der Waals surface area contributed by atoms with Crippen LogP contribution in [-0.4, -0.2) is 37.0 Å². The van der Waals surface area contributed by atoms with Gasteiger partial charge in [-0.15, -0.1) is 0 Å². The predicted molar refractivity (Wildman–Crippen MR) is 113 cm³/mol. The predicted octanol–water partition coefficient (Wildman–Crippen LogP) is 3.62. The zero-order chi connectivity index (χ0) is 21.1. The Bertz CT molecular complexity index is 909. The van der Waals surface area contributed by atoms with Gasteiger partial charge in [-0.3, -0.25) is 0 Å². The van der Waals surface area contributed by atoms with Crippen molar-refractivity contribution in [1.29, 1.82) is 0 Å². The number of nitrogens with zero attached hydrogens (tertiary/aromatic N) is 1. The molecule has 0 radical (unpaired) electrons. The third kappa shape index (κ3) is 5.18. The minimum atomic E-state index is -4.28. The van der Waals surface area contributed by atoms with Crippen LogP contribution < -0.4 is 9.62 Å². The smallest absolute Gasteiger partial charge is 0.225 e. The first-order chi connectivity index (χ1) is 12.9. The van der Waals surface area contributed by atoms with Crippen LogP contribution in [-0.2, 0) is 20.8 Å². The maximum Gasteiger partial charge on any atom is 0.225 e. The van der Waals surface area contributed by atoms with E-state index in [1.807, 2.05) is 19.0 Å². The van der Waals surface area contributed by atoms with Gasteiger partial charge in [0.05, 0.1) is 26.7 Å². The molecule has 2 rings (SSSR count). The first-order valence-corrected chi connectivity index (χ1v) is 11.5. The highest BCUT2D eigenvalue weighted by molar-refractivity contribution is 7.92. The van der Waals surface area contributed by atoms with Crippen molar-refractivity contribution in [3.63, 3.8) is 0 Å². The zero-order valence-electron chi connectivity index (χ0n) is 16.7. The van der Waals surface area contributed by atoms with E-state index in [9.17, 15) is 12.6 Å². The van der Waals surface area contributed by atoms with Gasteiger partial charge >= 0.3 is 0 Å². The third-order valence-electron chi connectivity index (χ3n) is 4.19. The Morgan fingerprint density at radius 2 is 1.54 bits per heavy atom. The largest absolute Gasteiger partial charge is 0.378 e. The van der Waals surface area contributed by atoms with E-state index < -0.39 is 37.1 Å². The van der Waals surface area contributed by atoms with Crippen molar-refractivity contribution in [3.05, 3.63) is 60.2 Å². The van der Waals surface area contributed by atoms with Gasteiger partial charge in [-0.2, -0.15) is 0 Å². The van der Waals surface area contributed by atoms with E-state index in [1.54, 1.807) is 63.2 Å². The van der Waals surface area contributed by atoms with Gasteiger partial charge in [0, 0.05) is 19.8 Å². The molecule has 0 amide bonds. The fraction of sp³-hybridized carbons (Fsp3) is 0.400. The molecule has 8 heteroatoms. The van der Waals surface area contributed by atoms with Crippen LogP contribution in [0.25, 0.3) is 0 Å². The molecule has 3 atom stereocenters. The normalized spacial score (nSPS) is 15.6. The van der Waals surface area contributed by atoms with E-state index in [0.29, 0.717) is 5.56 Å². The number of alkyl halides is 1. The second kappa shape index (κ2) is 8.71. The molecule has 0 aliphatic carbocycles. The second-order valence-electron chi connectivity index (χ2n) is 7.67. The maximum absolute atomic E-state index is 15.4. The van der Waals surface area contributed by atoms with Crippen LogP contribution in [0.5, 0.6) is 0 Å². The number of hydrogen-bond donors (Lipinski definition) is 1. The van der Waals surface area contributed by atoms with E-state index in [2.05, 4.69) is 4.72 Å². The molecule has 0 aliphatic heterocycles. The van der Waals surface area contributed by atoms with Crippen LogP contribution >= 0.6 is 0 Å². The monoisotopic (exact) mass is 426 g/mol. The summed E-state index contributed by atoms with van der Waals surface area (Å²) >= 11 is 0. The molecule has 0 aromatic heterocycles. The third-order valence-corrected chi connectivity index (χ3v) is 7.56. The van der Waals surface area contributed by atoms with Crippen molar-refractivity contribution in [3.8, 4) is 0 Å². The van der Waals surface area contributed by atoms with Gasteiger partial charge in [0.25, 0.3) is 0 Å². The fourth-order valence-electron chi connectivity index (χ4n) is 2.46. The molecule has 1 N–H and O–H groups in total. The standard InChI is InChI=1S/C20H27FN2O3S2/c1-20(2,3)27(24)22-18(15-11-13-16(14-12-15)23(4)5)19(21)28(25,26)17-9-7-6-8-10-17/h6-14,18-19,22H,1-5H3/t18-,19?,27-/m1/s1. The number of benzene rings is 2. The summed E-state index contributed by atoms with van der Waals surface area (Å²) in [5.74, 6) is 0. The second-order valence-corrected chi connectivity index (χ2v) is 11.7. The van der Waals surface area contributed by atoms with E-state index in [-0.39, 0.29) is 4.90 Å². The molecule has 0 bridgehead atoms. The van der Waals surface area contributed by atoms with Crippen LogP contribution in [0.3, 0.4) is 0 Å². The minimum Gasteiger partial charge on any atom is -0.378 e. The molecule has 2 aromatic rings. The summed E-state index contributed by atoms with van der Waals surface area (Å²) in [6, 6.07) is 13.0. The Morgan fingerprint density at radius 1 is 1.00 bits per heavy atom. The Morgan fingerprint density at radius 3 is 2.00 bits per heavy atom. The number of anilines is 1. The molecule has 2 aromatic carbocycles. The Kier molecular flexibility index (Phi) is 7.01. The van der Waals surface area contributed by atoms with E-state index in [1.165, 1.54) is 12.1 Å². The fourth-order valence-corrected chi connectivity index (χ4v) is 4.77. The Labute approximate surface area is 169 Å². The van der Waals surface area contributed by atoms with Gasteiger partial charge in [0.15, 0.2) is 0 Å². The molecular formula is C20H27FN2O3S2. The van der Waals surface area contributed by atoms with Crippen molar-refractivity contribution < 1.29 is 17.0 Å². The molecule has 1 unspecified atom stereocenters. The average molecular weight is 427 g/mol. The summed E-state index contributed by atoms with van der Waals surface area (Å²) in [6.45, 7) is 5.21. The number of sulfone groups is 1. The Balaban J connectivity index is 2.47. The van der Waals surface area contributed by atoms with Crippen molar-refractivity contribution in [2.24, 2.45) is 0 Å². The average Bonchev–Trinajstić information content (AvgIpc) is 2.65. The summed E-state index contributed by atoms with van der Waals surface area (Å²) in [6.07, 6.45) is 0. The van der Waals surface area contributed by atoms with Crippen LogP contribution in [0.1, 0.15) is 32.4 Å². The van der Waals surface area contributed by atoms with E-state index in [0.717, 1.165) is 5.69 Å². The van der Waals surface area contributed by atoms with Gasteiger partial charge < -0.3 is 4.90 Å². The number of nitrogens with one attached hydrogen (secondary N) is 1. The summed E-state index contributed by atoms with van der Waals surface area (Å²) in [5.41, 5.74) is -0.998. The topological polar surface area (TPSA) is 66.5 Å². The molecule has 0 spiro atoms. The molecule has 0 saturated carbocycles. The summed E-state index contributed by atoms with van der Waals surface area (Å²) < 4.78 is 55.7. The van der Waals surface area contributed by atoms with Crippen LogP contribution in [0.15, 0.2) is 59.5 Å². The first kappa shape index (κ1) is 22.5. The minimum absolute atomic E-state index is 0.110. The number of rotatable bonds is 7. The quantitative estimate of drug-likeness (QED) is 0.734. The van der Waals surface area contributed by atoms with Crippen molar-refractivity contribution in [2.75, 3.05) is 19.0 Å². The highest BCUT2D eigenvalue weighted by Gasteiger charge is 2.38. The van der Waals surface area contributed by atoms with Gasteiger partial charge in [-0.25, -0.2) is 21.7 Å². The molecule has 0 heterocycles. The lowest BCUT2D eigenvalue weighted by Crippen LogP contribution is -2.41. The zero-order valence-corrected chi connectivity index (χ0v) is 18.4. The lowest BCUT2D eigenvalue weighted by molar-refractivity contribution is 0.354. The molecule has 154 valence electrons. The van der Waals surface area contributed by atoms with E-state index >= 15 is 4.39 Å². The molecular weight excluding hydrogens is 399 g/mol. The molecule has 0 aliphatic rings. The molecule has 0 fully saturated rings. The highest BCUT2D eigenvalue weighted by atomic mass is 32.2. The van der Waals surface area contributed by atoms with Gasteiger partial charge in [0.2, 0.25) is 15.3 Å². The van der Waals surface area contributed by atoms with E-state index in [4.69, 9.17) is 0 Å². The number of halogens is 1. The summed E-state index contributed by atoms with van der Waals surface area (Å²) in [7, 11) is -2.19. The summed E-state index contributed by atoms with van der Waals surface area (Å²) in [4.78, 5) is 1.77. The first-order valence-electron chi connectivity index (χ1n) is 8.83. The molecule has 28 heavy (non-hydrogen) atoms. The lowest BCUT2D eigenvalue weighted by Gasteiger charge is -2.27. The Hall–Kier alpha value is -1.77. The van der Waals surface area contributed by atoms with Crippen LogP contribution in [0.2, 0.25) is 0 Å². The van der Waals surface area contributed by atoms with Crippen molar-refractivity contribution in [1.82, 2.24) is 4.72 Å². The van der Waals surface area contributed by atoms with Crippen LogP contribution in [0, 0.1) is 0 Å². The van der Waals surface area contributed by atoms with Gasteiger partial charge in [-0.1, -0.05) is 30.3 Å². The van der Waals surface area contributed by atoms with Crippen molar-refractivity contribution >= 4 is 26.5 Å². The maximum atomic E-state index is 15.4. The summed E-state index contributed by atoms with van der Waals surface area (Å²) in [5, 5.41) is 0. The van der Waals surface area contributed by atoms with Crippen LogP contribution in [0.4, 0.5) is 10.1 Å². The van der Waals surface area contributed by atoms with Gasteiger partial charge in [-0.05, 0) is 50.6 Å². The van der Waals surface area contributed by atoms with Gasteiger partial charge in [0.1, 0.15) is 0 Å². The van der Waals surface area contributed by atoms with Crippen molar-refractivity contribution in [2.45, 2.75) is 42.0 Å². The SMILES string of the molecule is CN(C)c1ccc([C@@H](N[S@](=O)C(C)(C)C)C(F)S(=O)(=O)c2ccccc2)cc1. The number of hydrogen-bond acceptors (Lipinski definition) is 4.